The molecule has 0 spiro atoms. The van der Waals surface area contributed by atoms with Crippen LogP contribution in [-0.4, -0.2) is 33.7 Å². The molecule has 10 heteroatoms. The van der Waals surface area contributed by atoms with Crippen molar-refractivity contribution in [2.24, 2.45) is 0 Å². The van der Waals surface area contributed by atoms with Crippen LogP contribution >= 0.6 is 15.9 Å². The molecule has 2 aromatic carbocycles. The van der Waals surface area contributed by atoms with Crippen LogP contribution in [0.1, 0.15) is 33.7 Å². The van der Waals surface area contributed by atoms with Crippen LogP contribution in [-0.2, 0) is 6.61 Å². The number of carbonyl (C=O) groups is 1. The van der Waals surface area contributed by atoms with Gasteiger partial charge < -0.3 is 15.2 Å². The van der Waals surface area contributed by atoms with E-state index in [1.54, 1.807) is 32.0 Å². The minimum atomic E-state index is -0.763. The van der Waals surface area contributed by atoms with Gasteiger partial charge in [-0.05, 0) is 66.0 Å². The van der Waals surface area contributed by atoms with Crippen LogP contribution in [0.2, 0.25) is 0 Å². The topological polar surface area (TPSA) is 93.5 Å². The van der Waals surface area contributed by atoms with Gasteiger partial charge in [0.15, 0.2) is 0 Å². The number of benzene rings is 2. The largest absolute Gasteiger partial charge is 0.472 e. The predicted octanol–water partition coefficient (Wildman–Crippen LogP) is 3.58. The van der Waals surface area contributed by atoms with Gasteiger partial charge in [0.05, 0.1) is 5.69 Å². The van der Waals surface area contributed by atoms with Crippen LogP contribution in [0.15, 0.2) is 45.7 Å². The Morgan fingerprint density at radius 2 is 1.97 bits per heavy atom. The average molecular weight is 522 g/mol. The predicted molar refractivity (Wildman–Crippen MR) is 122 cm³/mol. The van der Waals surface area contributed by atoms with Gasteiger partial charge in [-0.15, -0.1) is 0 Å². The molecule has 1 amide bonds. The van der Waals surface area contributed by atoms with Crippen molar-refractivity contribution >= 4 is 21.8 Å². The summed E-state index contributed by atoms with van der Waals surface area (Å²) >= 11 is 3.20. The zero-order valence-corrected chi connectivity index (χ0v) is 19.6. The van der Waals surface area contributed by atoms with Crippen molar-refractivity contribution in [3.8, 4) is 11.6 Å². The van der Waals surface area contributed by atoms with Crippen molar-refractivity contribution in [2.45, 2.75) is 26.9 Å². The highest BCUT2D eigenvalue weighted by Gasteiger charge is 2.18. The van der Waals surface area contributed by atoms with E-state index in [4.69, 9.17) is 9.84 Å². The fourth-order valence-electron chi connectivity index (χ4n) is 3.12. The average Bonchev–Trinajstić information content (AvgIpc) is 2.77. The van der Waals surface area contributed by atoms with Gasteiger partial charge in [-0.1, -0.05) is 6.07 Å². The first-order valence-corrected chi connectivity index (χ1v) is 10.9. The number of aromatic nitrogens is 2. The quantitative estimate of drug-likeness (QED) is 0.442. The Labute approximate surface area is 197 Å². The lowest BCUT2D eigenvalue weighted by Crippen LogP contribution is -2.27. The number of hydrogen-bond donors (Lipinski definition) is 2. The van der Waals surface area contributed by atoms with Gasteiger partial charge in [-0.25, -0.2) is 8.78 Å². The molecule has 1 aromatic heterocycles. The number of aliphatic hydroxyl groups is 1. The molecule has 0 aliphatic heterocycles. The Morgan fingerprint density at radius 1 is 1.21 bits per heavy atom. The smallest absolute Gasteiger partial charge is 0.276 e. The second-order valence-corrected chi connectivity index (χ2v) is 8.07. The van der Waals surface area contributed by atoms with E-state index in [0.29, 0.717) is 30.0 Å². The molecule has 0 fully saturated rings. The summed E-state index contributed by atoms with van der Waals surface area (Å²) in [6.07, 6.45) is 0.434. The maximum atomic E-state index is 13.9. The van der Waals surface area contributed by atoms with Crippen molar-refractivity contribution in [2.75, 3.05) is 13.2 Å². The maximum absolute atomic E-state index is 13.9. The Morgan fingerprint density at radius 3 is 2.67 bits per heavy atom. The monoisotopic (exact) mass is 521 g/mol. The highest BCUT2D eigenvalue weighted by Crippen LogP contribution is 2.24. The normalized spacial score (nSPS) is 10.8. The number of carbonyl (C=O) groups excluding carboxylic acids is 1. The van der Waals surface area contributed by atoms with E-state index in [9.17, 15) is 18.4 Å². The lowest BCUT2D eigenvalue weighted by atomic mass is 10.1. The molecule has 0 radical (unpaired) electrons. The van der Waals surface area contributed by atoms with Crippen LogP contribution in [0.4, 0.5) is 8.78 Å². The van der Waals surface area contributed by atoms with Crippen LogP contribution in [0.3, 0.4) is 0 Å². The third kappa shape index (κ3) is 5.63. The SMILES string of the molecule is Cc1ccc(C(=O)NCCCO)cc1-n1c(C)nc(OCc2ccc(F)cc2F)c(Br)c1=O. The first-order valence-electron chi connectivity index (χ1n) is 10.1. The van der Waals surface area contributed by atoms with Crippen molar-refractivity contribution in [3.63, 3.8) is 0 Å². The van der Waals surface area contributed by atoms with Crippen molar-refractivity contribution < 1.29 is 23.4 Å². The highest BCUT2D eigenvalue weighted by atomic mass is 79.9. The van der Waals surface area contributed by atoms with E-state index >= 15 is 0 Å². The highest BCUT2D eigenvalue weighted by molar-refractivity contribution is 9.10. The fraction of sp³-hybridized carbons (Fsp3) is 0.261. The molecule has 0 unspecified atom stereocenters. The van der Waals surface area contributed by atoms with Gasteiger partial charge in [-0.2, -0.15) is 4.98 Å². The van der Waals surface area contributed by atoms with Crippen LogP contribution in [0, 0.1) is 25.5 Å². The molecule has 1 heterocycles. The molecule has 2 N–H and O–H groups in total. The fourth-order valence-corrected chi connectivity index (χ4v) is 3.50. The van der Waals surface area contributed by atoms with Gasteiger partial charge in [0, 0.05) is 30.3 Å². The molecular weight excluding hydrogens is 500 g/mol. The van der Waals surface area contributed by atoms with E-state index in [1.165, 1.54) is 10.6 Å². The Kier molecular flexibility index (Phi) is 7.93. The maximum Gasteiger partial charge on any atom is 0.276 e. The lowest BCUT2D eigenvalue weighted by molar-refractivity contribution is 0.0951. The third-order valence-electron chi connectivity index (χ3n) is 4.88. The van der Waals surface area contributed by atoms with Crippen molar-refractivity contribution in [3.05, 3.63) is 85.4 Å². The number of aliphatic hydroxyl groups excluding tert-OH is 1. The first kappa shape index (κ1) is 24.5. The zero-order chi connectivity index (χ0) is 24.1. The molecule has 174 valence electrons. The molecule has 0 saturated carbocycles. The summed E-state index contributed by atoms with van der Waals surface area (Å²) in [4.78, 5) is 29.8. The van der Waals surface area contributed by atoms with E-state index < -0.39 is 17.2 Å². The van der Waals surface area contributed by atoms with E-state index in [-0.39, 0.29) is 35.0 Å². The number of amides is 1. The van der Waals surface area contributed by atoms with E-state index in [2.05, 4.69) is 26.2 Å². The van der Waals surface area contributed by atoms with Crippen molar-refractivity contribution in [1.82, 2.24) is 14.9 Å². The zero-order valence-electron chi connectivity index (χ0n) is 18.0. The Hall–Kier alpha value is -3.11. The number of halogens is 3. The summed E-state index contributed by atoms with van der Waals surface area (Å²) < 4.78 is 33.9. The minimum Gasteiger partial charge on any atom is -0.472 e. The summed E-state index contributed by atoms with van der Waals surface area (Å²) in [6.45, 7) is 3.45. The number of nitrogens with one attached hydrogen (secondary N) is 1. The molecule has 7 nitrogen and oxygen atoms in total. The van der Waals surface area contributed by atoms with Gasteiger partial charge in [0.25, 0.3) is 11.5 Å². The first-order chi connectivity index (χ1) is 15.7. The molecular formula is C23H22BrF2N3O4. The Bertz CT molecular complexity index is 1250. The Balaban J connectivity index is 1.92. The molecule has 3 aromatic rings. The van der Waals surface area contributed by atoms with Crippen LogP contribution in [0.25, 0.3) is 5.69 Å². The van der Waals surface area contributed by atoms with Crippen LogP contribution < -0.4 is 15.6 Å². The summed E-state index contributed by atoms with van der Waals surface area (Å²) in [5, 5.41) is 11.6. The number of ether oxygens (including phenoxy) is 1. The van der Waals surface area contributed by atoms with Gasteiger partial charge in [0.2, 0.25) is 5.88 Å². The summed E-state index contributed by atoms with van der Waals surface area (Å²) in [7, 11) is 0. The minimum absolute atomic E-state index is 0.0211. The number of aryl methyl sites for hydroxylation is 2. The van der Waals surface area contributed by atoms with Crippen molar-refractivity contribution in [1.29, 1.82) is 0 Å². The van der Waals surface area contributed by atoms with Gasteiger partial charge in [0.1, 0.15) is 28.5 Å². The third-order valence-corrected chi connectivity index (χ3v) is 5.56. The molecule has 3 rings (SSSR count). The van der Waals surface area contributed by atoms with Crippen LogP contribution in [0.5, 0.6) is 5.88 Å². The van der Waals surface area contributed by atoms with Gasteiger partial charge >= 0.3 is 0 Å². The van der Waals surface area contributed by atoms with Gasteiger partial charge in [-0.3, -0.25) is 14.2 Å². The summed E-state index contributed by atoms with van der Waals surface area (Å²) in [5.41, 5.74) is 1.20. The molecule has 0 bridgehead atoms. The standard InChI is InChI=1S/C23H22BrF2N3O4/c1-13-4-5-15(21(31)27-8-3-9-30)10-19(13)29-14(2)28-22(20(24)23(29)32)33-12-16-6-7-17(25)11-18(16)26/h4-7,10-11,30H,3,8-9,12H2,1-2H3,(H,27,31). The number of hydrogen-bond acceptors (Lipinski definition) is 5. The molecule has 0 aliphatic rings. The molecule has 33 heavy (non-hydrogen) atoms. The summed E-state index contributed by atoms with van der Waals surface area (Å²) in [5.74, 6) is -1.54. The second-order valence-electron chi connectivity index (χ2n) is 7.28. The number of rotatable bonds is 8. The van der Waals surface area contributed by atoms with E-state index in [0.717, 1.165) is 17.7 Å². The molecule has 0 aliphatic carbocycles. The molecule has 0 atom stereocenters. The lowest BCUT2D eigenvalue weighted by Gasteiger charge is -2.16. The second kappa shape index (κ2) is 10.7. The molecule has 0 saturated heterocycles. The number of nitrogens with zero attached hydrogens (tertiary/aromatic N) is 2. The van der Waals surface area contributed by atoms with E-state index in [1.807, 2.05) is 0 Å². The summed E-state index contributed by atoms with van der Waals surface area (Å²) in [6, 6.07) is 8.07.